The molecule has 0 saturated carbocycles. The minimum Gasteiger partial charge on any atom is -0.309 e. The molecule has 1 aliphatic heterocycles. The zero-order valence-corrected chi connectivity index (χ0v) is 18.3. The summed E-state index contributed by atoms with van der Waals surface area (Å²) >= 11 is 6.18. The molecule has 1 aliphatic rings. The second-order valence-corrected chi connectivity index (χ2v) is 9.52. The average molecular weight is 444 g/mol. The van der Waals surface area contributed by atoms with Crippen LogP contribution in [0.4, 0.5) is 11.8 Å². The van der Waals surface area contributed by atoms with Gasteiger partial charge in [-0.1, -0.05) is 29.8 Å². The number of hydrogen-bond acceptors (Lipinski definition) is 6. The van der Waals surface area contributed by atoms with Crippen LogP contribution in [0.1, 0.15) is 36.0 Å². The Labute approximate surface area is 181 Å². The maximum Gasteiger partial charge on any atom is 0.245 e. The highest BCUT2D eigenvalue weighted by molar-refractivity contribution is 7.89. The molecule has 0 bridgehead atoms. The Hall–Kier alpha value is -2.55. The molecule has 3 heterocycles. The van der Waals surface area contributed by atoms with E-state index in [1.165, 1.54) is 10.4 Å². The van der Waals surface area contributed by atoms with Crippen molar-refractivity contribution in [1.29, 1.82) is 0 Å². The zero-order valence-electron chi connectivity index (χ0n) is 16.7. The quantitative estimate of drug-likeness (QED) is 0.628. The van der Waals surface area contributed by atoms with Gasteiger partial charge in [0.25, 0.3) is 0 Å². The lowest BCUT2D eigenvalue weighted by Gasteiger charge is -2.24. The molecular formula is C21H22ClN5O2S. The third-order valence-corrected chi connectivity index (χ3v) is 7.37. The molecular weight excluding hydrogens is 422 g/mol. The summed E-state index contributed by atoms with van der Waals surface area (Å²) in [6, 6.07) is 13.6. The summed E-state index contributed by atoms with van der Waals surface area (Å²) < 4.78 is 28.0. The van der Waals surface area contributed by atoms with Crippen LogP contribution in [0.15, 0.2) is 53.4 Å². The molecule has 0 radical (unpaired) electrons. The van der Waals surface area contributed by atoms with Crippen LogP contribution in [0.5, 0.6) is 0 Å². The Balaban J connectivity index is 1.63. The third-order valence-electron chi connectivity index (χ3n) is 4.96. The molecule has 1 aromatic carbocycles. The number of aromatic nitrogens is 3. The maximum atomic E-state index is 13.3. The number of benzene rings is 1. The topological polar surface area (TPSA) is 88.1 Å². The van der Waals surface area contributed by atoms with Crippen LogP contribution in [-0.2, 0) is 10.0 Å². The van der Waals surface area contributed by atoms with Crippen molar-refractivity contribution in [3.63, 3.8) is 0 Å². The van der Waals surface area contributed by atoms with E-state index in [1.54, 1.807) is 18.2 Å². The number of rotatable bonds is 5. The van der Waals surface area contributed by atoms with E-state index in [9.17, 15) is 8.42 Å². The van der Waals surface area contributed by atoms with E-state index >= 15 is 0 Å². The molecule has 0 spiro atoms. The van der Waals surface area contributed by atoms with E-state index in [2.05, 4.69) is 20.3 Å². The van der Waals surface area contributed by atoms with Gasteiger partial charge in [0.1, 0.15) is 10.7 Å². The van der Waals surface area contributed by atoms with Gasteiger partial charge < -0.3 is 5.32 Å². The van der Waals surface area contributed by atoms with Crippen LogP contribution in [0.2, 0.25) is 5.02 Å². The van der Waals surface area contributed by atoms with Crippen LogP contribution in [0.3, 0.4) is 0 Å². The lowest BCUT2D eigenvalue weighted by Crippen LogP contribution is -2.31. The Morgan fingerprint density at radius 3 is 2.50 bits per heavy atom. The number of nitrogens with one attached hydrogen (secondary N) is 1. The predicted octanol–water partition coefficient (Wildman–Crippen LogP) is 4.41. The molecule has 9 heteroatoms. The lowest BCUT2D eigenvalue weighted by molar-refractivity contribution is 0.391. The monoisotopic (exact) mass is 443 g/mol. The second-order valence-electron chi connectivity index (χ2n) is 7.25. The van der Waals surface area contributed by atoms with Crippen LogP contribution in [0.25, 0.3) is 0 Å². The number of sulfonamides is 1. The van der Waals surface area contributed by atoms with Gasteiger partial charge in [-0.3, -0.25) is 0 Å². The minimum absolute atomic E-state index is 0.122. The molecule has 156 valence electrons. The van der Waals surface area contributed by atoms with E-state index in [0.717, 1.165) is 17.8 Å². The van der Waals surface area contributed by atoms with Gasteiger partial charge in [-0.15, -0.1) is 0 Å². The van der Waals surface area contributed by atoms with E-state index in [-0.39, 0.29) is 16.0 Å². The molecule has 2 aromatic heterocycles. The van der Waals surface area contributed by atoms with E-state index in [0.29, 0.717) is 30.4 Å². The van der Waals surface area contributed by atoms with E-state index in [4.69, 9.17) is 11.6 Å². The largest absolute Gasteiger partial charge is 0.309 e. The van der Waals surface area contributed by atoms with Crippen LogP contribution in [-0.4, -0.2) is 34.2 Å². The van der Waals surface area contributed by atoms with Crippen molar-refractivity contribution in [2.24, 2.45) is 0 Å². The molecule has 1 N–H and O–H groups in total. The van der Waals surface area contributed by atoms with Crippen molar-refractivity contribution in [3.8, 4) is 0 Å². The number of pyridine rings is 1. The number of hydrogen-bond donors (Lipinski definition) is 1. The first-order chi connectivity index (χ1) is 14.3. The summed E-state index contributed by atoms with van der Waals surface area (Å²) in [4.78, 5) is 13.5. The molecule has 1 atom stereocenters. The van der Waals surface area contributed by atoms with Crippen molar-refractivity contribution in [2.45, 2.75) is 37.6 Å². The first-order valence-electron chi connectivity index (χ1n) is 9.67. The van der Waals surface area contributed by atoms with Crippen LogP contribution in [0, 0.1) is 13.8 Å². The summed E-state index contributed by atoms with van der Waals surface area (Å²) in [5.41, 5.74) is 2.39. The van der Waals surface area contributed by atoms with Crippen molar-refractivity contribution in [2.75, 3.05) is 11.9 Å². The molecule has 1 unspecified atom stereocenters. The summed E-state index contributed by atoms with van der Waals surface area (Å²) in [6.45, 7) is 4.23. The van der Waals surface area contributed by atoms with Crippen LogP contribution >= 0.6 is 11.6 Å². The third kappa shape index (κ3) is 4.16. The molecule has 4 rings (SSSR count). The lowest BCUT2D eigenvalue weighted by atomic mass is 10.1. The number of aryl methyl sites for hydroxylation is 2. The normalized spacial score (nSPS) is 17.2. The van der Waals surface area contributed by atoms with Gasteiger partial charge in [0.15, 0.2) is 0 Å². The molecule has 0 aliphatic carbocycles. The minimum atomic E-state index is -3.73. The van der Waals surface area contributed by atoms with Gasteiger partial charge in [0.05, 0.1) is 16.8 Å². The predicted molar refractivity (Wildman–Crippen MR) is 116 cm³/mol. The maximum absolute atomic E-state index is 13.3. The highest BCUT2D eigenvalue weighted by atomic mass is 35.5. The molecule has 3 aromatic rings. The van der Waals surface area contributed by atoms with Gasteiger partial charge in [-0.2, -0.15) is 4.31 Å². The first-order valence-corrected chi connectivity index (χ1v) is 11.5. The summed E-state index contributed by atoms with van der Waals surface area (Å²) in [5, 5.41) is 3.34. The Morgan fingerprint density at radius 2 is 1.77 bits per heavy atom. The first kappa shape index (κ1) is 20.7. The van der Waals surface area contributed by atoms with Crippen molar-refractivity contribution in [1.82, 2.24) is 19.3 Å². The van der Waals surface area contributed by atoms with Gasteiger partial charge in [0, 0.05) is 17.9 Å². The summed E-state index contributed by atoms with van der Waals surface area (Å²) in [5.74, 6) is 1.03. The van der Waals surface area contributed by atoms with Crippen molar-refractivity contribution < 1.29 is 8.42 Å². The molecule has 0 amide bonds. The fourth-order valence-corrected chi connectivity index (χ4v) is 5.87. The van der Waals surface area contributed by atoms with Crippen LogP contribution < -0.4 is 5.32 Å². The molecule has 1 fully saturated rings. The fourth-order valence-electron chi connectivity index (χ4n) is 3.71. The van der Waals surface area contributed by atoms with Gasteiger partial charge in [-0.05, 0) is 57.0 Å². The summed E-state index contributed by atoms with van der Waals surface area (Å²) in [7, 11) is -3.73. The summed E-state index contributed by atoms with van der Waals surface area (Å²) in [6.07, 6.45) is 1.45. The highest BCUT2D eigenvalue weighted by Gasteiger charge is 2.37. The molecule has 1 saturated heterocycles. The SMILES string of the molecule is Cc1cc(C)nc(Nc2cccc(C3CCCN3S(=O)(=O)c3ccccc3Cl)n2)n1. The standard InChI is InChI=1S/C21H22ClN5O2S/c1-14-13-15(2)24-21(23-14)26-20-11-5-8-17(25-20)18-9-6-12-27(18)30(28,29)19-10-4-3-7-16(19)22/h3-5,7-8,10-11,13,18H,6,9,12H2,1-2H3,(H,23,24,25,26). The number of anilines is 2. The van der Waals surface area contributed by atoms with Gasteiger partial charge in [-0.25, -0.2) is 23.4 Å². The molecule has 7 nitrogen and oxygen atoms in total. The number of nitrogens with zero attached hydrogens (tertiary/aromatic N) is 4. The average Bonchev–Trinajstić information content (AvgIpc) is 3.18. The zero-order chi connectivity index (χ0) is 21.3. The van der Waals surface area contributed by atoms with E-state index < -0.39 is 10.0 Å². The smallest absolute Gasteiger partial charge is 0.245 e. The Kier molecular flexibility index (Phi) is 5.73. The number of halogens is 1. The van der Waals surface area contributed by atoms with E-state index in [1.807, 2.05) is 38.1 Å². The molecule has 30 heavy (non-hydrogen) atoms. The van der Waals surface area contributed by atoms with Crippen molar-refractivity contribution >= 4 is 33.4 Å². The van der Waals surface area contributed by atoms with Crippen molar-refractivity contribution in [3.05, 3.63) is 70.6 Å². The van der Waals surface area contributed by atoms with Gasteiger partial charge >= 0.3 is 0 Å². The second kappa shape index (κ2) is 8.29. The highest BCUT2D eigenvalue weighted by Crippen LogP contribution is 2.37. The fraction of sp³-hybridized carbons (Fsp3) is 0.286. The Bertz CT molecular complexity index is 1170. The Morgan fingerprint density at radius 1 is 1.03 bits per heavy atom. The van der Waals surface area contributed by atoms with Gasteiger partial charge in [0.2, 0.25) is 16.0 Å².